The molecule has 52 valence electrons. The Kier molecular flexibility index (Phi) is 62.1. The second-order valence-corrected chi connectivity index (χ2v) is 1.59. The minimum Gasteiger partial charge on any atom is -0.784 e. The van der Waals surface area contributed by atoms with Crippen LogP contribution in [0.15, 0.2) is 0 Å². The summed E-state index contributed by atoms with van der Waals surface area (Å²) < 4.78 is 50.9. The summed E-state index contributed by atoms with van der Waals surface area (Å²) in [5, 5.41) is 0. The molecular formula is BrNa3O6S. The molecule has 11 heavy (non-hydrogen) atoms. The van der Waals surface area contributed by atoms with E-state index in [-0.39, 0.29) is 88.7 Å². The molecule has 0 atom stereocenters. The molecule has 0 saturated carbocycles. The molecule has 0 aliphatic heterocycles. The number of rotatable bonds is 0. The molecular weight excluding hydrogens is 277 g/mol. The second-order valence-electron chi connectivity index (χ2n) is 0.393. The first-order chi connectivity index (χ1) is 3.46. The van der Waals surface area contributed by atoms with Crippen molar-refractivity contribution in [2.24, 2.45) is 0 Å². The van der Waals surface area contributed by atoms with Gasteiger partial charge in [0.05, 0.1) is 0 Å². The quantitative estimate of drug-likeness (QED) is 0.319. The molecule has 0 N–H and O–H groups in total. The molecule has 0 saturated heterocycles. The third-order valence-electron chi connectivity index (χ3n) is 0. The molecule has 0 rings (SSSR count). The van der Waals surface area contributed by atoms with Crippen LogP contribution in [-0.4, -0.2) is 13.3 Å². The molecule has 0 radical (unpaired) electrons. The van der Waals surface area contributed by atoms with Crippen molar-refractivity contribution in [3.63, 3.8) is 0 Å². The fraction of sp³-hybridized carbons (Fsp3) is 0. The van der Waals surface area contributed by atoms with Gasteiger partial charge in [0.25, 0.3) is 0 Å². The maximum atomic E-state index is 8.52. The normalized spacial score (nSPS) is 6.45. The van der Waals surface area contributed by atoms with Gasteiger partial charge in [-0.3, -0.25) is 4.21 Å². The molecule has 0 aromatic rings. The molecule has 0 spiro atoms. The largest absolute Gasteiger partial charge is 1.00 e. The van der Waals surface area contributed by atoms with Gasteiger partial charge in [0.1, 0.15) is 0 Å². The van der Waals surface area contributed by atoms with Crippen molar-refractivity contribution >= 4 is 11.4 Å². The van der Waals surface area contributed by atoms with E-state index < -0.39 is 26.2 Å². The third kappa shape index (κ3) is 149. The van der Waals surface area contributed by atoms with E-state index >= 15 is 0 Å². The molecule has 0 amide bonds. The predicted octanol–water partition coefficient (Wildman–Crippen LogP) is -13.6. The summed E-state index contributed by atoms with van der Waals surface area (Å²) in [6, 6.07) is 0. The van der Waals surface area contributed by atoms with Gasteiger partial charge in [-0.25, -0.2) is 0 Å². The Balaban J connectivity index is -0.0000000171. The van der Waals surface area contributed by atoms with Crippen LogP contribution in [0.4, 0.5) is 0 Å². The molecule has 0 aliphatic carbocycles. The maximum Gasteiger partial charge on any atom is 1.00 e. The summed E-state index contributed by atoms with van der Waals surface area (Å²) in [5.74, 6) is 0. The van der Waals surface area contributed by atoms with Crippen LogP contribution in [0.5, 0.6) is 0 Å². The first-order valence-electron chi connectivity index (χ1n) is 0.963. The topological polar surface area (TPSA) is 132 Å². The monoisotopic (exact) mass is 276 g/mol. The average Bonchev–Trinajstić information content (AvgIpc) is 1.25. The van der Waals surface area contributed by atoms with Crippen LogP contribution in [0.3, 0.4) is 0 Å². The zero-order chi connectivity index (χ0) is 7.15. The fourth-order valence-corrected chi connectivity index (χ4v) is 0. The molecule has 0 unspecified atom stereocenters. The Bertz CT molecular complexity index is 62.1. The second kappa shape index (κ2) is 23.3. The number of hydrogen-bond donors (Lipinski definition) is 0. The van der Waals surface area contributed by atoms with Crippen molar-refractivity contribution in [1.29, 1.82) is 0 Å². The summed E-state index contributed by atoms with van der Waals surface area (Å²) in [4.78, 5) is 0. The van der Waals surface area contributed by atoms with Gasteiger partial charge in [-0.15, -0.1) is 11.4 Å². The van der Waals surface area contributed by atoms with Gasteiger partial charge < -0.3 is 21.7 Å². The van der Waals surface area contributed by atoms with E-state index in [1.54, 1.807) is 0 Å². The van der Waals surface area contributed by atoms with Gasteiger partial charge >= 0.3 is 88.7 Å². The molecule has 11 heteroatoms. The first-order valence-corrected chi connectivity index (χ1v) is 3.91. The van der Waals surface area contributed by atoms with Crippen LogP contribution in [0, 0.1) is 14.8 Å². The average molecular weight is 277 g/mol. The molecule has 0 aromatic carbocycles. The Hall–Kier alpha value is 3.43. The van der Waals surface area contributed by atoms with E-state index in [1.165, 1.54) is 0 Å². The first kappa shape index (κ1) is 29.3. The van der Waals surface area contributed by atoms with E-state index in [4.69, 9.17) is 25.9 Å². The molecule has 0 heterocycles. The van der Waals surface area contributed by atoms with E-state index in [1.807, 2.05) is 0 Å². The van der Waals surface area contributed by atoms with Crippen LogP contribution in [-0.2, 0) is 11.4 Å². The Morgan fingerprint density at radius 3 is 0.909 bits per heavy atom. The van der Waals surface area contributed by atoms with E-state index in [9.17, 15) is 0 Å². The van der Waals surface area contributed by atoms with Gasteiger partial charge in [0.15, 0.2) is 0 Å². The SMILES string of the molecule is O=S([O-])[O-].[Na+].[Na+].[Na+].[O-][Br+2]([O-])[O-]. The van der Waals surface area contributed by atoms with Crippen molar-refractivity contribution < 1.29 is 129 Å². The van der Waals surface area contributed by atoms with E-state index in [0.29, 0.717) is 0 Å². The van der Waals surface area contributed by atoms with Gasteiger partial charge in [-0.2, -0.15) is 0 Å². The zero-order valence-electron chi connectivity index (χ0n) is 6.24. The minimum absolute atomic E-state index is 0. The van der Waals surface area contributed by atoms with Gasteiger partial charge in [-0.05, 0) is 0 Å². The van der Waals surface area contributed by atoms with Crippen molar-refractivity contribution in [3.8, 4) is 0 Å². The number of halogens is 1. The summed E-state index contributed by atoms with van der Waals surface area (Å²) in [7, 11) is 0. The Labute approximate surface area is 138 Å². The van der Waals surface area contributed by atoms with Crippen molar-refractivity contribution in [3.05, 3.63) is 0 Å². The van der Waals surface area contributed by atoms with Crippen LogP contribution in [0.2, 0.25) is 0 Å². The summed E-state index contributed by atoms with van der Waals surface area (Å²) >= 11 is -6.76. The molecule has 0 fully saturated rings. The third-order valence-corrected chi connectivity index (χ3v) is 0. The van der Waals surface area contributed by atoms with Crippen molar-refractivity contribution in [1.82, 2.24) is 0 Å². The zero-order valence-corrected chi connectivity index (χ0v) is 14.6. The molecule has 6 nitrogen and oxygen atoms in total. The van der Waals surface area contributed by atoms with Crippen LogP contribution < -0.4 is 101 Å². The van der Waals surface area contributed by atoms with Gasteiger partial charge in [-0.1, -0.05) is 0 Å². The smallest absolute Gasteiger partial charge is 0.784 e. The predicted molar refractivity (Wildman–Crippen MR) is 9.70 cm³/mol. The van der Waals surface area contributed by atoms with Gasteiger partial charge in [0.2, 0.25) is 14.8 Å². The fourth-order valence-electron chi connectivity index (χ4n) is 0. The maximum absolute atomic E-state index is 8.52. The van der Waals surface area contributed by atoms with E-state index in [0.717, 1.165) is 0 Å². The van der Waals surface area contributed by atoms with Crippen molar-refractivity contribution in [2.75, 3.05) is 0 Å². The van der Waals surface area contributed by atoms with Crippen LogP contribution in [0.25, 0.3) is 0 Å². The van der Waals surface area contributed by atoms with Crippen molar-refractivity contribution in [2.45, 2.75) is 0 Å². The van der Waals surface area contributed by atoms with Gasteiger partial charge in [0, 0.05) is 0 Å². The molecule has 0 aliphatic rings. The summed E-state index contributed by atoms with van der Waals surface area (Å²) in [6.07, 6.45) is 0. The van der Waals surface area contributed by atoms with Crippen LogP contribution >= 0.6 is 0 Å². The number of hydrogen-bond acceptors (Lipinski definition) is 6. The molecule has 0 aromatic heterocycles. The summed E-state index contributed by atoms with van der Waals surface area (Å²) in [6.45, 7) is 0. The standard InChI is InChI=1S/BrO3.3Na.H2O3S/c2-1(3)4;;;;1-4(2)3/h;;;;(H2,1,2,3)/q-1;3*+1;/p-2. The van der Waals surface area contributed by atoms with Crippen LogP contribution in [0.1, 0.15) is 0 Å². The molecule has 0 bridgehead atoms. The Morgan fingerprint density at radius 2 is 0.909 bits per heavy atom. The summed E-state index contributed by atoms with van der Waals surface area (Å²) in [5.41, 5.74) is 0. The minimum atomic E-state index is -3.65. The Morgan fingerprint density at radius 1 is 0.909 bits per heavy atom. The van der Waals surface area contributed by atoms with E-state index in [2.05, 4.69) is 0 Å².